The average molecular weight is 446 g/mol. The summed E-state index contributed by atoms with van der Waals surface area (Å²) in [5, 5.41) is 13.3. The summed E-state index contributed by atoms with van der Waals surface area (Å²) >= 11 is 1.25. The summed E-state index contributed by atoms with van der Waals surface area (Å²) in [4.78, 5) is 12.4. The zero-order valence-corrected chi connectivity index (χ0v) is 18.1. The summed E-state index contributed by atoms with van der Waals surface area (Å²) in [6.45, 7) is 1.64. The molecule has 0 saturated heterocycles. The minimum absolute atomic E-state index is 0.0772. The van der Waals surface area contributed by atoms with Crippen molar-refractivity contribution in [2.45, 2.75) is 12.1 Å². The minimum atomic E-state index is -0.387. The molecule has 6 nitrogen and oxygen atoms in total. The van der Waals surface area contributed by atoms with Gasteiger partial charge in [-0.25, -0.2) is 9.82 Å². The van der Waals surface area contributed by atoms with Crippen LogP contribution in [0.1, 0.15) is 12.5 Å². The molecule has 0 radical (unpaired) electrons. The van der Waals surface area contributed by atoms with Gasteiger partial charge in [0.15, 0.2) is 11.0 Å². The number of nitrogens with zero attached hydrogens (tertiary/aromatic N) is 4. The summed E-state index contributed by atoms with van der Waals surface area (Å²) in [5.74, 6) is 0.0535. The molecule has 0 aliphatic rings. The number of para-hydroxylation sites is 1. The number of carbonyl (C=O) groups is 1. The van der Waals surface area contributed by atoms with E-state index in [1.54, 1.807) is 25.1 Å². The second-order valence-corrected chi connectivity index (χ2v) is 7.79. The summed E-state index contributed by atoms with van der Waals surface area (Å²) in [7, 11) is 0. The van der Waals surface area contributed by atoms with Crippen LogP contribution in [0.5, 0.6) is 0 Å². The lowest BCUT2D eigenvalue weighted by molar-refractivity contribution is -0.118. The molecule has 0 bridgehead atoms. The molecule has 0 unspecified atom stereocenters. The van der Waals surface area contributed by atoms with Gasteiger partial charge in [0.25, 0.3) is 5.91 Å². The number of hydrogen-bond acceptors (Lipinski definition) is 5. The van der Waals surface area contributed by atoms with Crippen molar-refractivity contribution in [2.75, 3.05) is 5.75 Å². The molecule has 0 aliphatic carbocycles. The lowest BCUT2D eigenvalue weighted by atomic mass is 10.1. The Kier molecular flexibility index (Phi) is 6.72. The van der Waals surface area contributed by atoms with E-state index >= 15 is 0 Å². The van der Waals surface area contributed by atoms with Crippen molar-refractivity contribution in [1.29, 1.82) is 0 Å². The van der Waals surface area contributed by atoms with Crippen molar-refractivity contribution in [3.8, 4) is 17.1 Å². The molecule has 0 spiro atoms. The van der Waals surface area contributed by atoms with Crippen LogP contribution in [0.2, 0.25) is 0 Å². The fourth-order valence-corrected chi connectivity index (χ4v) is 3.82. The van der Waals surface area contributed by atoms with Crippen LogP contribution in [0.4, 0.5) is 4.39 Å². The molecule has 4 aromatic rings. The average Bonchev–Trinajstić information content (AvgIpc) is 3.26. The van der Waals surface area contributed by atoms with Crippen LogP contribution < -0.4 is 5.43 Å². The molecule has 8 heteroatoms. The Morgan fingerprint density at radius 2 is 1.62 bits per heavy atom. The van der Waals surface area contributed by atoms with Crippen LogP contribution in [-0.2, 0) is 4.79 Å². The van der Waals surface area contributed by atoms with E-state index in [0.29, 0.717) is 22.3 Å². The summed E-state index contributed by atoms with van der Waals surface area (Å²) in [6.07, 6.45) is 0. The number of halogens is 1. The van der Waals surface area contributed by atoms with Gasteiger partial charge in [0.1, 0.15) is 5.82 Å². The molecule has 0 saturated carbocycles. The maximum absolute atomic E-state index is 13.9. The Hall–Kier alpha value is -3.78. The van der Waals surface area contributed by atoms with E-state index in [0.717, 1.165) is 11.3 Å². The molecule has 4 rings (SSSR count). The van der Waals surface area contributed by atoms with E-state index in [1.165, 1.54) is 17.8 Å². The number of benzene rings is 3. The summed E-state index contributed by atoms with van der Waals surface area (Å²) in [5.41, 5.74) is 5.03. The van der Waals surface area contributed by atoms with Crippen molar-refractivity contribution < 1.29 is 9.18 Å². The van der Waals surface area contributed by atoms with Gasteiger partial charge in [-0.05, 0) is 25.1 Å². The van der Waals surface area contributed by atoms with Crippen molar-refractivity contribution in [3.63, 3.8) is 0 Å². The minimum Gasteiger partial charge on any atom is -0.272 e. The van der Waals surface area contributed by atoms with Crippen LogP contribution in [-0.4, -0.2) is 32.1 Å². The number of amides is 1. The molecule has 1 heterocycles. The molecule has 0 fully saturated rings. The third kappa shape index (κ3) is 4.92. The topological polar surface area (TPSA) is 72.2 Å². The maximum Gasteiger partial charge on any atom is 0.250 e. The van der Waals surface area contributed by atoms with E-state index in [-0.39, 0.29) is 17.5 Å². The van der Waals surface area contributed by atoms with Gasteiger partial charge < -0.3 is 0 Å². The first kappa shape index (κ1) is 21.5. The summed E-state index contributed by atoms with van der Waals surface area (Å²) in [6, 6.07) is 25.8. The van der Waals surface area contributed by atoms with E-state index in [1.807, 2.05) is 65.2 Å². The van der Waals surface area contributed by atoms with Gasteiger partial charge in [-0.15, -0.1) is 10.2 Å². The van der Waals surface area contributed by atoms with Crippen molar-refractivity contribution in [1.82, 2.24) is 20.2 Å². The number of nitrogens with one attached hydrogen (secondary N) is 1. The Balaban J connectivity index is 1.51. The van der Waals surface area contributed by atoms with Crippen molar-refractivity contribution in [3.05, 3.63) is 96.3 Å². The van der Waals surface area contributed by atoms with E-state index in [9.17, 15) is 9.18 Å². The lowest BCUT2D eigenvalue weighted by Crippen LogP contribution is -2.21. The fraction of sp³-hybridized carbons (Fsp3) is 0.0833. The molecule has 32 heavy (non-hydrogen) atoms. The Bertz CT molecular complexity index is 1240. The molecule has 1 aromatic heterocycles. The molecule has 3 aromatic carbocycles. The van der Waals surface area contributed by atoms with E-state index in [2.05, 4.69) is 20.7 Å². The van der Waals surface area contributed by atoms with Crippen LogP contribution in [0.25, 0.3) is 17.1 Å². The zero-order valence-electron chi connectivity index (χ0n) is 17.3. The highest BCUT2D eigenvalue weighted by atomic mass is 32.2. The van der Waals surface area contributed by atoms with Crippen molar-refractivity contribution in [2.24, 2.45) is 5.10 Å². The van der Waals surface area contributed by atoms with Gasteiger partial charge in [0, 0.05) is 16.8 Å². The normalized spacial score (nSPS) is 11.4. The Morgan fingerprint density at radius 3 is 2.34 bits per heavy atom. The number of carbonyl (C=O) groups excluding carboxylic acids is 1. The Morgan fingerprint density at radius 1 is 0.969 bits per heavy atom. The Labute approximate surface area is 189 Å². The van der Waals surface area contributed by atoms with E-state index < -0.39 is 0 Å². The zero-order chi connectivity index (χ0) is 22.3. The number of hydrogen-bond donors (Lipinski definition) is 1. The molecule has 0 atom stereocenters. The number of hydrazone groups is 1. The lowest BCUT2D eigenvalue weighted by Gasteiger charge is -2.10. The van der Waals surface area contributed by atoms with E-state index in [4.69, 9.17) is 0 Å². The van der Waals surface area contributed by atoms with Crippen LogP contribution >= 0.6 is 11.8 Å². The second kappa shape index (κ2) is 10.0. The molecule has 160 valence electrons. The second-order valence-electron chi connectivity index (χ2n) is 6.84. The van der Waals surface area contributed by atoms with Crippen LogP contribution in [0, 0.1) is 5.82 Å². The maximum atomic E-state index is 13.9. The van der Waals surface area contributed by atoms with Crippen LogP contribution in [0.15, 0.2) is 95.2 Å². The standard InChI is InChI=1S/C24H20FN5OS/c1-17(20-14-8-9-15-21(20)25)26-27-22(31)16-32-24-29-28-23(18-10-4-2-5-11-18)30(24)19-12-6-3-7-13-19/h2-15H,16H2,1H3,(H,27,31)/b26-17+. The predicted molar refractivity (Wildman–Crippen MR) is 124 cm³/mol. The molecule has 1 amide bonds. The van der Waals surface area contributed by atoms with Gasteiger partial charge >= 0.3 is 0 Å². The third-order valence-electron chi connectivity index (χ3n) is 4.62. The third-order valence-corrected chi connectivity index (χ3v) is 5.55. The monoisotopic (exact) mass is 445 g/mol. The van der Waals surface area contributed by atoms with Gasteiger partial charge in [-0.3, -0.25) is 9.36 Å². The SMILES string of the molecule is C/C(=N\NC(=O)CSc1nnc(-c2ccccc2)n1-c1ccccc1)c1ccccc1F. The predicted octanol–water partition coefficient (Wildman–Crippen LogP) is 4.71. The molecular formula is C24H20FN5OS. The fourth-order valence-electron chi connectivity index (χ4n) is 3.07. The van der Waals surface area contributed by atoms with Crippen molar-refractivity contribution >= 4 is 23.4 Å². The molecular weight excluding hydrogens is 425 g/mol. The molecule has 0 aliphatic heterocycles. The number of rotatable bonds is 7. The van der Waals surface area contributed by atoms with Gasteiger partial charge in [-0.2, -0.15) is 5.10 Å². The van der Waals surface area contributed by atoms with Crippen LogP contribution in [0.3, 0.4) is 0 Å². The number of thioether (sulfide) groups is 1. The van der Waals surface area contributed by atoms with Gasteiger partial charge in [-0.1, -0.05) is 78.5 Å². The highest BCUT2D eigenvalue weighted by Gasteiger charge is 2.17. The summed E-state index contributed by atoms with van der Waals surface area (Å²) < 4.78 is 15.8. The highest BCUT2D eigenvalue weighted by Crippen LogP contribution is 2.27. The quantitative estimate of drug-likeness (QED) is 0.254. The first-order valence-corrected chi connectivity index (χ1v) is 10.9. The largest absolute Gasteiger partial charge is 0.272 e. The smallest absolute Gasteiger partial charge is 0.250 e. The first-order valence-electron chi connectivity index (χ1n) is 9.90. The first-order chi connectivity index (χ1) is 15.6. The highest BCUT2D eigenvalue weighted by molar-refractivity contribution is 7.99. The van der Waals surface area contributed by atoms with Gasteiger partial charge in [0.2, 0.25) is 0 Å². The number of aromatic nitrogens is 3. The molecule has 1 N–H and O–H groups in total. The van der Waals surface area contributed by atoms with Gasteiger partial charge in [0.05, 0.1) is 11.5 Å².